The number of amides is 1. The third-order valence-corrected chi connectivity index (χ3v) is 3.96. The van der Waals surface area contributed by atoms with Gasteiger partial charge in [-0.2, -0.15) is 0 Å². The number of hydrogen-bond donors (Lipinski definition) is 1. The topological polar surface area (TPSA) is 41.6 Å². The number of carbonyl (C=O) groups excluding carboxylic acids is 1. The summed E-state index contributed by atoms with van der Waals surface area (Å²) >= 11 is 0. The highest BCUT2D eigenvalue weighted by Gasteiger charge is 2.33. The molecule has 118 valence electrons. The lowest BCUT2D eigenvalue weighted by Crippen LogP contribution is -2.60. The molecular formula is C16H32N2O2. The van der Waals surface area contributed by atoms with E-state index in [1.165, 1.54) is 0 Å². The summed E-state index contributed by atoms with van der Waals surface area (Å²) in [7, 11) is 0. The molecular weight excluding hydrogens is 252 g/mol. The van der Waals surface area contributed by atoms with E-state index >= 15 is 0 Å². The van der Waals surface area contributed by atoms with Gasteiger partial charge in [0.25, 0.3) is 0 Å². The van der Waals surface area contributed by atoms with E-state index < -0.39 is 0 Å². The lowest BCUT2D eigenvalue weighted by molar-refractivity contribution is 0.0561. The summed E-state index contributed by atoms with van der Waals surface area (Å²) in [5.74, 6) is 1.12. The first-order chi connectivity index (χ1) is 9.45. The van der Waals surface area contributed by atoms with Gasteiger partial charge in [-0.1, -0.05) is 41.0 Å². The largest absolute Gasteiger partial charge is 0.449 e. The molecule has 0 aromatic carbocycles. The molecule has 1 aliphatic rings. The van der Waals surface area contributed by atoms with E-state index in [1.807, 2.05) is 4.90 Å². The first-order valence-electron chi connectivity index (χ1n) is 8.12. The highest BCUT2D eigenvalue weighted by molar-refractivity contribution is 5.68. The standard InChI is InChI=1S/C16H32N2O2/c1-6-7-8-20-16(19)18-11-15(13(4)5)17-10-14(18)9-12(2)3/h12-15,17H,6-11H2,1-5H3. The molecule has 0 spiro atoms. The Kier molecular flexibility index (Phi) is 7.35. The summed E-state index contributed by atoms with van der Waals surface area (Å²) in [6.45, 7) is 13.1. The zero-order valence-electron chi connectivity index (χ0n) is 13.8. The van der Waals surface area contributed by atoms with E-state index in [4.69, 9.17) is 4.74 Å². The molecule has 0 aliphatic carbocycles. The molecule has 4 nitrogen and oxygen atoms in total. The lowest BCUT2D eigenvalue weighted by Gasteiger charge is -2.41. The van der Waals surface area contributed by atoms with Crippen LogP contribution in [0.1, 0.15) is 53.9 Å². The lowest BCUT2D eigenvalue weighted by atomic mass is 9.95. The van der Waals surface area contributed by atoms with Crippen LogP contribution < -0.4 is 5.32 Å². The average Bonchev–Trinajstić information content (AvgIpc) is 2.38. The van der Waals surface area contributed by atoms with Gasteiger partial charge in [-0.3, -0.25) is 0 Å². The maximum Gasteiger partial charge on any atom is 0.410 e. The minimum atomic E-state index is -0.128. The summed E-state index contributed by atoms with van der Waals surface area (Å²) in [4.78, 5) is 14.3. The SMILES string of the molecule is CCCCOC(=O)N1CC(C(C)C)NCC1CC(C)C. The van der Waals surface area contributed by atoms with Crippen LogP contribution in [0.4, 0.5) is 4.79 Å². The minimum absolute atomic E-state index is 0.128. The fourth-order valence-corrected chi connectivity index (χ4v) is 2.63. The van der Waals surface area contributed by atoms with Gasteiger partial charge in [-0.25, -0.2) is 4.79 Å². The van der Waals surface area contributed by atoms with Gasteiger partial charge in [-0.05, 0) is 24.7 Å². The van der Waals surface area contributed by atoms with E-state index in [9.17, 15) is 4.79 Å². The smallest absolute Gasteiger partial charge is 0.410 e. The number of hydrogen-bond acceptors (Lipinski definition) is 3. The zero-order valence-corrected chi connectivity index (χ0v) is 13.8. The van der Waals surface area contributed by atoms with E-state index in [0.29, 0.717) is 24.5 Å². The Labute approximate surface area is 124 Å². The normalized spacial score (nSPS) is 23.4. The molecule has 20 heavy (non-hydrogen) atoms. The molecule has 0 saturated carbocycles. The molecule has 1 heterocycles. The number of carbonyl (C=O) groups is 1. The second-order valence-corrected chi connectivity index (χ2v) is 6.66. The van der Waals surface area contributed by atoms with Gasteiger partial charge in [0, 0.05) is 25.2 Å². The van der Waals surface area contributed by atoms with Crippen LogP contribution in [0.15, 0.2) is 0 Å². The summed E-state index contributed by atoms with van der Waals surface area (Å²) in [6.07, 6.45) is 2.90. The van der Waals surface area contributed by atoms with Crippen LogP contribution in [0.2, 0.25) is 0 Å². The Morgan fingerprint density at radius 2 is 2.05 bits per heavy atom. The Hall–Kier alpha value is -0.770. The number of ether oxygens (including phenoxy) is 1. The van der Waals surface area contributed by atoms with Crippen molar-refractivity contribution in [3.63, 3.8) is 0 Å². The van der Waals surface area contributed by atoms with Crippen LogP contribution in [0.3, 0.4) is 0 Å². The summed E-state index contributed by atoms with van der Waals surface area (Å²) in [6, 6.07) is 0.635. The monoisotopic (exact) mass is 284 g/mol. The van der Waals surface area contributed by atoms with E-state index in [-0.39, 0.29) is 12.1 Å². The molecule has 2 unspecified atom stereocenters. The number of unbranched alkanes of at least 4 members (excludes halogenated alkanes) is 1. The van der Waals surface area contributed by atoms with Gasteiger partial charge in [-0.15, -0.1) is 0 Å². The van der Waals surface area contributed by atoms with Gasteiger partial charge in [0.1, 0.15) is 0 Å². The molecule has 1 rings (SSSR count). The van der Waals surface area contributed by atoms with Crippen molar-refractivity contribution >= 4 is 6.09 Å². The second-order valence-electron chi connectivity index (χ2n) is 6.66. The van der Waals surface area contributed by atoms with Crippen molar-refractivity contribution in [2.24, 2.45) is 11.8 Å². The maximum atomic E-state index is 12.3. The Morgan fingerprint density at radius 3 is 2.60 bits per heavy atom. The van der Waals surface area contributed by atoms with E-state index in [0.717, 1.165) is 32.4 Å². The van der Waals surface area contributed by atoms with Gasteiger partial charge < -0.3 is 15.0 Å². The molecule has 1 amide bonds. The first-order valence-corrected chi connectivity index (χ1v) is 8.12. The number of nitrogens with zero attached hydrogens (tertiary/aromatic N) is 1. The van der Waals surface area contributed by atoms with Gasteiger partial charge in [0.15, 0.2) is 0 Å². The number of rotatable bonds is 6. The molecule has 1 saturated heterocycles. The Morgan fingerprint density at radius 1 is 1.35 bits per heavy atom. The van der Waals surface area contributed by atoms with Crippen molar-refractivity contribution < 1.29 is 9.53 Å². The summed E-state index contributed by atoms with van der Waals surface area (Å²) in [5.41, 5.74) is 0. The average molecular weight is 284 g/mol. The molecule has 0 bridgehead atoms. The van der Waals surface area contributed by atoms with Crippen molar-refractivity contribution in [2.75, 3.05) is 19.7 Å². The fraction of sp³-hybridized carbons (Fsp3) is 0.938. The predicted octanol–water partition coefficient (Wildman–Crippen LogP) is 3.27. The van der Waals surface area contributed by atoms with Gasteiger partial charge in [0.05, 0.1) is 6.61 Å². The van der Waals surface area contributed by atoms with Crippen molar-refractivity contribution in [2.45, 2.75) is 66.0 Å². The van der Waals surface area contributed by atoms with Crippen molar-refractivity contribution in [1.82, 2.24) is 10.2 Å². The third-order valence-electron chi connectivity index (χ3n) is 3.96. The van der Waals surface area contributed by atoms with E-state index in [1.54, 1.807) is 0 Å². The molecule has 4 heteroatoms. The van der Waals surface area contributed by atoms with Crippen LogP contribution in [0.25, 0.3) is 0 Å². The van der Waals surface area contributed by atoms with Gasteiger partial charge >= 0.3 is 6.09 Å². The quantitative estimate of drug-likeness (QED) is 0.761. The van der Waals surface area contributed by atoms with E-state index in [2.05, 4.69) is 39.9 Å². The van der Waals surface area contributed by atoms with Crippen LogP contribution in [0.5, 0.6) is 0 Å². The second kappa shape index (κ2) is 8.50. The number of nitrogens with one attached hydrogen (secondary N) is 1. The molecule has 2 atom stereocenters. The summed E-state index contributed by atoms with van der Waals surface area (Å²) in [5, 5.41) is 3.58. The molecule has 0 aromatic heterocycles. The fourth-order valence-electron chi connectivity index (χ4n) is 2.63. The van der Waals surface area contributed by atoms with Gasteiger partial charge in [0.2, 0.25) is 0 Å². The summed E-state index contributed by atoms with van der Waals surface area (Å²) < 4.78 is 5.42. The minimum Gasteiger partial charge on any atom is -0.449 e. The van der Waals surface area contributed by atoms with Crippen LogP contribution >= 0.6 is 0 Å². The molecule has 0 radical (unpaired) electrons. The zero-order chi connectivity index (χ0) is 15.1. The van der Waals surface area contributed by atoms with Crippen LogP contribution in [0, 0.1) is 11.8 Å². The Bertz CT molecular complexity index is 292. The molecule has 1 N–H and O–H groups in total. The predicted molar refractivity (Wildman–Crippen MR) is 82.8 cm³/mol. The Balaban J connectivity index is 2.62. The molecule has 1 aliphatic heterocycles. The van der Waals surface area contributed by atoms with Crippen LogP contribution in [-0.2, 0) is 4.74 Å². The highest BCUT2D eigenvalue weighted by Crippen LogP contribution is 2.19. The molecule has 0 aromatic rings. The van der Waals surface area contributed by atoms with Crippen molar-refractivity contribution in [1.29, 1.82) is 0 Å². The molecule has 1 fully saturated rings. The van der Waals surface area contributed by atoms with Crippen molar-refractivity contribution in [3.05, 3.63) is 0 Å². The third kappa shape index (κ3) is 5.31. The number of piperazine rings is 1. The maximum absolute atomic E-state index is 12.3. The highest BCUT2D eigenvalue weighted by atomic mass is 16.6. The van der Waals surface area contributed by atoms with Crippen molar-refractivity contribution in [3.8, 4) is 0 Å². The van der Waals surface area contributed by atoms with Crippen LogP contribution in [-0.4, -0.2) is 42.8 Å². The first kappa shape index (κ1) is 17.3.